The molecule has 2 aromatic carbocycles. The predicted molar refractivity (Wildman–Crippen MR) is 117 cm³/mol. The van der Waals surface area contributed by atoms with Crippen LogP contribution >= 0.6 is 0 Å². The first-order valence-corrected chi connectivity index (χ1v) is 10.2. The molecule has 1 saturated heterocycles. The van der Waals surface area contributed by atoms with E-state index in [9.17, 15) is 4.79 Å². The summed E-state index contributed by atoms with van der Waals surface area (Å²) in [5.41, 5.74) is 1.95. The lowest BCUT2D eigenvalue weighted by molar-refractivity contribution is -0.159. The zero-order valence-electron chi connectivity index (χ0n) is 18.2. The van der Waals surface area contributed by atoms with Gasteiger partial charge in [-0.25, -0.2) is 9.59 Å². The van der Waals surface area contributed by atoms with E-state index in [1.54, 1.807) is 7.11 Å². The Morgan fingerprint density at radius 2 is 1.53 bits per heavy atom. The Kier molecular flexibility index (Phi) is 9.49. The normalized spacial score (nSPS) is 13.5. The maximum atomic E-state index is 12.5. The molecule has 9 nitrogen and oxygen atoms in total. The summed E-state index contributed by atoms with van der Waals surface area (Å²) in [6.45, 7) is 6.67. The number of nitrogens with zero attached hydrogens (tertiary/aromatic N) is 2. The van der Waals surface area contributed by atoms with Gasteiger partial charge in [0.1, 0.15) is 0 Å². The number of piperazine rings is 1. The highest BCUT2D eigenvalue weighted by atomic mass is 16.5. The first-order valence-electron chi connectivity index (χ1n) is 10.2. The van der Waals surface area contributed by atoms with Crippen LogP contribution in [0.5, 0.6) is 11.5 Å². The molecule has 1 fully saturated rings. The van der Waals surface area contributed by atoms with Crippen LogP contribution in [0.2, 0.25) is 0 Å². The van der Waals surface area contributed by atoms with Crippen LogP contribution in [0.1, 0.15) is 22.8 Å². The highest BCUT2D eigenvalue weighted by Crippen LogP contribution is 2.28. The number of ether oxygens (including phenoxy) is 2. The Morgan fingerprint density at radius 1 is 0.906 bits per heavy atom. The number of hydrogen-bond donors (Lipinski definition) is 2. The van der Waals surface area contributed by atoms with Gasteiger partial charge in [0.2, 0.25) is 0 Å². The van der Waals surface area contributed by atoms with Crippen molar-refractivity contribution in [2.75, 3.05) is 39.9 Å². The van der Waals surface area contributed by atoms with Gasteiger partial charge in [-0.05, 0) is 36.8 Å². The van der Waals surface area contributed by atoms with Crippen molar-refractivity contribution in [3.63, 3.8) is 0 Å². The fourth-order valence-corrected chi connectivity index (χ4v) is 3.22. The minimum Gasteiger partial charge on any atom is -0.493 e. The van der Waals surface area contributed by atoms with E-state index < -0.39 is 11.9 Å². The Hall–Kier alpha value is -3.59. The number of carbonyl (C=O) groups is 3. The molecule has 0 unspecified atom stereocenters. The minimum atomic E-state index is -1.82. The molecule has 0 atom stereocenters. The minimum absolute atomic E-state index is 0.119. The monoisotopic (exact) mass is 444 g/mol. The molecule has 1 heterocycles. The van der Waals surface area contributed by atoms with E-state index in [1.807, 2.05) is 54.3 Å². The second-order valence-corrected chi connectivity index (χ2v) is 6.96. The second kappa shape index (κ2) is 12.3. The molecule has 172 valence electrons. The molecule has 9 heteroatoms. The third-order valence-electron chi connectivity index (χ3n) is 4.80. The van der Waals surface area contributed by atoms with Crippen LogP contribution in [-0.4, -0.2) is 77.8 Å². The zero-order valence-corrected chi connectivity index (χ0v) is 18.2. The number of rotatable bonds is 6. The zero-order chi connectivity index (χ0) is 23.5. The molecule has 0 bridgehead atoms. The fourth-order valence-electron chi connectivity index (χ4n) is 3.22. The molecular formula is C23H28N2O7. The SMILES string of the molecule is CCOc1cc(CN2CCN(C(=O)c3ccccc3)CC2)ccc1OC.O=C(O)C(=O)O. The topological polar surface area (TPSA) is 117 Å². The van der Waals surface area contributed by atoms with Gasteiger partial charge in [-0.3, -0.25) is 9.69 Å². The molecule has 1 amide bonds. The molecule has 0 radical (unpaired) electrons. The highest BCUT2D eigenvalue weighted by Gasteiger charge is 2.22. The Bertz CT molecular complexity index is 898. The van der Waals surface area contributed by atoms with Crippen molar-refractivity contribution in [3.05, 3.63) is 59.7 Å². The molecule has 0 aromatic heterocycles. The third-order valence-corrected chi connectivity index (χ3v) is 4.80. The van der Waals surface area contributed by atoms with Crippen LogP contribution < -0.4 is 9.47 Å². The molecule has 2 aromatic rings. The lowest BCUT2D eigenvalue weighted by Gasteiger charge is -2.34. The summed E-state index contributed by atoms with van der Waals surface area (Å²) in [6, 6.07) is 15.6. The molecule has 1 aliphatic heterocycles. The van der Waals surface area contributed by atoms with Crippen LogP contribution in [0, 0.1) is 0 Å². The number of benzene rings is 2. The molecule has 2 N–H and O–H groups in total. The Balaban J connectivity index is 0.000000534. The van der Waals surface area contributed by atoms with Crippen LogP contribution in [-0.2, 0) is 16.1 Å². The van der Waals surface area contributed by atoms with E-state index in [0.717, 1.165) is 49.8 Å². The average molecular weight is 444 g/mol. The van der Waals surface area contributed by atoms with E-state index in [2.05, 4.69) is 11.0 Å². The van der Waals surface area contributed by atoms with Gasteiger partial charge in [0.25, 0.3) is 5.91 Å². The maximum Gasteiger partial charge on any atom is 0.414 e. The van der Waals surface area contributed by atoms with Crippen LogP contribution in [0.15, 0.2) is 48.5 Å². The molecule has 32 heavy (non-hydrogen) atoms. The molecule has 0 saturated carbocycles. The van der Waals surface area contributed by atoms with Gasteiger partial charge in [-0.2, -0.15) is 0 Å². The maximum absolute atomic E-state index is 12.5. The smallest absolute Gasteiger partial charge is 0.414 e. The number of carboxylic acid groups (broad SMARTS) is 2. The quantitative estimate of drug-likeness (QED) is 0.652. The van der Waals surface area contributed by atoms with E-state index in [1.165, 1.54) is 5.56 Å². The van der Waals surface area contributed by atoms with Crippen LogP contribution in [0.4, 0.5) is 0 Å². The number of methoxy groups -OCH3 is 1. The summed E-state index contributed by atoms with van der Waals surface area (Å²) in [4.78, 5) is 35.0. The summed E-state index contributed by atoms with van der Waals surface area (Å²) in [5, 5.41) is 14.8. The van der Waals surface area contributed by atoms with Gasteiger partial charge in [0.15, 0.2) is 11.5 Å². The van der Waals surface area contributed by atoms with Gasteiger partial charge in [-0.1, -0.05) is 24.3 Å². The highest BCUT2D eigenvalue weighted by molar-refractivity contribution is 6.27. The van der Waals surface area contributed by atoms with Crippen LogP contribution in [0.3, 0.4) is 0 Å². The predicted octanol–water partition coefficient (Wildman–Crippen LogP) is 2.21. The largest absolute Gasteiger partial charge is 0.493 e. The van der Waals surface area contributed by atoms with Gasteiger partial charge in [-0.15, -0.1) is 0 Å². The standard InChI is InChI=1S/C21H26N2O3.C2H2O4/c1-3-26-20-15-17(9-10-19(20)25-2)16-22-11-13-23(14-12-22)21(24)18-7-5-4-6-8-18;3-1(4)2(5)6/h4-10,15H,3,11-14,16H2,1-2H3;(H,3,4)(H,5,6). The van der Waals surface area contributed by atoms with Crippen molar-refractivity contribution in [3.8, 4) is 11.5 Å². The summed E-state index contributed by atoms with van der Waals surface area (Å²) in [7, 11) is 1.65. The number of carbonyl (C=O) groups excluding carboxylic acids is 1. The van der Waals surface area contributed by atoms with Gasteiger partial charge >= 0.3 is 11.9 Å². The van der Waals surface area contributed by atoms with Crippen molar-refractivity contribution >= 4 is 17.8 Å². The van der Waals surface area contributed by atoms with E-state index in [0.29, 0.717) is 6.61 Å². The number of hydrogen-bond acceptors (Lipinski definition) is 6. The lowest BCUT2D eigenvalue weighted by Crippen LogP contribution is -2.48. The van der Waals surface area contributed by atoms with Gasteiger partial charge < -0.3 is 24.6 Å². The van der Waals surface area contributed by atoms with Crippen molar-refractivity contribution in [2.24, 2.45) is 0 Å². The van der Waals surface area contributed by atoms with Crippen molar-refractivity contribution in [2.45, 2.75) is 13.5 Å². The van der Waals surface area contributed by atoms with Gasteiger partial charge in [0, 0.05) is 38.3 Å². The average Bonchev–Trinajstić information content (AvgIpc) is 2.80. The van der Waals surface area contributed by atoms with Crippen molar-refractivity contribution < 1.29 is 34.1 Å². The van der Waals surface area contributed by atoms with Gasteiger partial charge in [0.05, 0.1) is 13.7 Å². The molecule has 1 aliphatic rings. The van der Waals surface area contributed by atoms with E-state index >= 15 is 0 Å². The van der Waals surface area contributed by atoms with Crippen molar-refractivity contribution in [1.29, 1.82) is 0 Å². The Labute approximate surface area is 186 Å². The fraction of sp³-hybridized carbons (Fsp3) is 0.348. The number of amides is 1. The van der Waals surface area contributed by atoms with E-state index in [-0.39, 0.29) is 5.91 Å². The summed E-state index contributed by atoms with van der Waals surface area (Å²) >= 11 is 0. The lowest BCUT2D eigenvalue weighted by atomic mass is 10.1. The summed E-state index contributed by atoms with van der Waals surface area (Å²) in [5.74, 6) is -1.99. The molecule has 0 aliphatic carbocycles. The first-order chi connectivity index (χ1) is 15.3. The third kappa shape index (κ3) is 7.28. The Morgan fingerprint density at radius 3 is 2.06 bits per heavy atom. The number of aliphatic carboxylic acids is 2. The molecule has 0 spiro atoms. The molecular weight excluding hydrogens is 416 g/mol. The van der Waals surface area contributed by atoms with E-state index in [4.69, 9.17) is 29.3 Å². The summed E-state index contributed by atoms with van der Waals surface area (Å²) < 4.78 is 11.0. The summed E-state index contributed by atoms with van der Waals surface area (Å²) in [6.07, 6.45) is 0. The molecule has 3 rings (SSSR count). The second-order valence-electron chi connectivity index (χ2n) is 6.96. The van der Waals surface area contributed by atoms with Crippen LogP contribution in [0.25, 0.3) is 0 Å². The first kappa shape index (κ1) is 24.7. The number of carboxylic acids is 2. The van der Waals surface area contributed by atoms with Crippen molar-refractivity contribution in [1.82, 2.24) is 9.80 Å².